The van der Waals surface area contributed by atoms with Crippen molar-refractivity contribution in [3.63, 3.8) is 0 Å². The third kappa shape index (κ3) is 5.19. The molecule has 0 radical (unpaired) electrons. The van der Waals surface area contributed by atoms with Crippen molar-refractivity contribution >= 4 is 17.6 Å². The van der Waals surface area contributed by atoms with Gasteiger partial charge in [0.05, 0.1) is 17.7 Å². The molecule has 0 spiro atoms. The van der Waals surface area contributed by atoms with Crippen LogP contribution in [0.25, 0.3) is 0 Å². The van der Waals surface area contributed by atoms with Crippen molar-refractivity contribution in [2.75, 3.05) is 6.54 Å². The summed E-state index contributed by atoms with van der Waals surface area (Å²) in [6.07, 6.45) is 1.93. The normalized spacial score (nSPS) is 13.4. The van der Waals surface area contributed by atoms with Gasteiger partial charge in [-0.05, 0) is 24.6 Å². The van der Waals surface area contributed by atoms with Crippen molar-refractivity contribution < 1.29 is 14.3 Å². The highest BCUT2D eigenvalue weighted by atomic mass is 35.5. The van der Waals surface area contributed by atoms with E-state index in [1.54, 1.807) is 11.0 Å². The highest BCUT2D eigenvalue weighted by Crippen LogP contribution is 2.19. The number of nitrogens with one attached hydrogen (secondary N) is 2. The van der Waals surface area contributed by atoms with Crippen LogP contribution in [0.15, 0.2) is 30.9 Å². The van der Waals surface area contributed by atoms with Gasteiger partial charge in [0.1, 0.15) is 18.5 Å². The number of aromatic nitrogens is 3. The predicted molar refractivity (Wildman–Crippen MR) is 82.4 cm³/mol. The van der Waals surface area contributed by atoms with Crippen molar-refractivity contribution in [2.24, 2.45) is 0 Å². The summed E-state index contributed by atoms with van der Waals surface area (Å²) in [7, 11) is 0. The fraction of sp³-hybridized carbons (Fsp3) is 0.357. The Kier molecular flexibility index (Phi) is 5.89. The molecule has 0 fully saturated rings. The molecular weight excluding hydrogens is 325 g/mol. The van der Waals surface area contributed by atoms with Gasteiger partial charge in [-0.25, -0.2) is 14.2 Å². The Morgan fingerprint density at radius 2 is 2.30 bits per heavy atom. The van der Waals surface area contributed by atoms with E-state index in [0.717, 1.165) is 6.07 Å². The summed E-state index contributed by atoms with van der Waals surface area (Å²) >= 11 is 5.58. The quantitative estimate of drug-likeness (QED) is 0.742. The maximum atomic E-state index is 13.3. The molecular formula is C14H17ClFN5O2. The third-order valence-electron chi connectivity index (χ3n) is 3.09. The number of rotatable bonds is 6. The highest BCUT2D eigenvalue weighted by Gasteiger charge is 2.13. The summed E-state index contributed by atoms with van der Waals surface area (Å²) in [5.74, 6) is -0.617. The summed E-state index contributed by atoms with van der Waals surface area (Å²) in [4.78, 5) is 15.6. The number of nitrogens with zero attached hydrogens (tertiary/aromatic N) is 3. The number of benzene rings is 1. The number of hydrogen-bond donors (Lipinski definition) is 3. The third-order valence-corrected chi connectivity index (χ3v) is 3.40. The monoisotopic (exact) mass is 341 g/mol. The van der Waals surface area contributed by atoms with Gasteiger partial charge in [-0.3, -0.25) is 4.68 Å². The second kappa shape index (κ2) is 7.89. The topological polar surface area (TPSA) is 92.1 Å². The Hall–Kier alpha value is -2.19. The summed E-state index contributed by atoms with van der Waals surface area (Å²) in [6, 6.07) is 3.38. The zero-order valence-electron chi connectivity index (χ0n) is 12.4. The van der Waals surface area contributed by atoms with Crippen LogP contribution in [0.5, 0.6) is 0 Å². The van der Waals surface area contributed by atoms with Gasteiger partial charge in [0.2, 0.25) is 0 Å². The molecule has 9 heteroatoms. The Morgan fingerprint density at radius 1 is 1.52 bits per heavy atom. The van der Waals surface area contributed by atoms with E-state index in [9.17, 15) is 14.3 Å². The van der Waals surface area contributed by atoms with Gasteiger partial charge in [-0.15, -0.1) is 0 Å². The first-order valence-electron chi connectivity index (χ1n) is 6.95. The van der Waals surface area contributed by atoms with E-state index in [2.05, 4.69) is 20.7 Å². The number of carbonyl (C=O) groups excluding carboxylic acids is 1. The van der Waals surface area contributed by atoms with Crippen molar-refractivity contribution in [2.45, 2.75) is 25.6 Å². The fourth-order valence-electron chi connectivity index (χ4n) is 1.95. The van der Waals surface area contributed by atoms with Crippen molar-refractivity contribution in [1.82, 2.24) is 25.4 Å². The van der Waals surface area contributed by atoms with Crippen LogP contribution in [0.1, 0.15) is 18.6 Å². The number of aliphatic hydroxyl groups excluding tert-OH is 1. The first-order valence-corrected chi connectivity index (χ1v) is 7.33. The molecule has 124 valence electrons. The van der Waals surface area contributed by atoms with Crippen molar-refractivity contribution in [3.8, 4) is 0 Å². The lowest BCUT2D eigenvalue weighted by molar-refractivity contribution is 0.172. The molecule has 0 aliphatic carbocycles. The molecule has 7 nitrogen and oxygen atoms in total. The molecule has 1 aromatic carbocycles. The van der Waals surface area contributed by atoms with Gasteiger partial charge in [0.15, 0.2) is 0 Å². The van der Waals surface area contributed by atoms with E-state index in [4.69, 9.17) is 11.6 Å². The van der Waals surface area contributed by atoms with Crippen LogP contribution in [-0.4, -0.2) is 38.5 Å². The van der Waals surface area contributed by atoms with Gasteiger partial charge >= 0.3 is 6.03 Å². The van der Waals surface area contributed by atoms with Crippen LogP contribution in [0.4, 0.5) is 9.18 Å². The highest BCUT2D eigenvalue weighted by molar-refractivity contribution is 6.30. The van der Waals surface area contributed by atoms with Crippen LogP contribution in [0.2, 0.25) is 5.02 Å². The van der Waals surface area contributed by atoms with Gasteiger partial charge < -0.3 is 15.7 Å². The Labute approximate surface area is 137 Å². The molecule has 0 bridgehead atoms. The van der Waals surface area contributed by atoms with Crippen LogP contribution < -0.4 is 10.6 Å². The van der Waals surface area contributed by atoms with Gasteiger partial charge in [-0.2, -0.15) is 5.10 Å². The number of aliphatic hydroxyl groups is 1. The van der Waals surface area contributed by atoms with Crippen molar-refractivity contribution in [3.05, 3.63) is 47.3 Å². The van der Waals surface area contributed by atoms with E-state index in [-0.39, 0.29) is 17.6 Å². The van der Waals surface area contributed by atoms with E-state index < -0.39 is 18.0 Å². The second-order valence-electron chi connectivity index (χ2n) is 5.06. The van der Waals surface area contributed by atoms with E-state index in [1.165, 1.54) is 18.5 Å². The van der Waals surface area contributed by atoms with Crippen LogP contribution in [0, 0.1) is 5.82 Å². The molecule has 0 saturated heterocycles. The molecule has 23 heavy (non-hydrogen) atoms. The minimum absolute atomic E-state index is 0.0198. The molecule has 2 amide bonds. The lowest BCUT2D eigenvalue weighted by Gasteiger charge is -2.16. The number of halogens is 2. The van der Waals surface area contributed by atoms with Crippen LogP contribution >= 0.6 is 11.6 Å². The molecule has 0 aliphatic rings. The minimum atomic E-state index is -1.03. The molecule has 3 N–H and O–H groups in total. The predicted octanol–water partition coefficient (Wildman–Crippen LogP) is 1.49. The van der Waals surface area contributed by atoms with Crippen LogP contribution in [-0.2, 0) is 6.54 Å². The lowest BCUT2D eigenvalue weighted by Crippen LogP contribution is -2.43. The number of urea groups is 1. The minimum Gasteiger partial charge on any atom is -0.387 e. The average molecular weight is 342 g/mol. The van der Waals surface area contributed by atoms with E-state index in [1.807, 2.05) is 6.92 Å². The number of carbonyl (C=O) groups is 1. The van der Waals surface area contributed by atoms with E-state index in [0.29, 0.717) is 12.1 Å². The molecule has 2 atom stereocenters. The molecule has 0 aliphatic heterocycles. The van der Waals surface area contributed by atoms with Gasteiger partial charge in [0.25, 0.3) is 0 Å². The molecule has 2 rings (SSSR count). The summed E-state index contributed by atoms with van der Waals surface area (Å²) < 4.78 is 14.9. The standard InChI is InChI=1S/C14H17ClFN5O2/c1-9(6-21-8-17-7-19-21)20-14(23)18-5-13(22)10-2-3-11(15)12(16)4-10/h2-4,7-9,13,22H,5-6H2,1H3,(H2,18,20,23)/t9-,13+/m1/s1. The number of hydrogen-bond acceptors (Lipinski definition) is 4. The largest absolute Gasteiger partial charge is 0.387 e. The van der Waals surface area contributed by atoms with Crippen LogP contribution in [0.3, 0.4) is 0 Å². The van der Waals surface area contributed by atoms with Gasteiger partial charge in [-0.1, -0.05) is 17.7 Å². The smallest absolute Gasteiger partial charge is 0.315 e. The fourth-order valence-corrected chi connectivity index (χ4v) is 2.07. The first-order chi connectivity index (χ1) is 11.0. The maximum absolute atomic E-state index is 13.3. The average Bonchev–Trinajstić information content (AvgIpc) is 3.00. The Balaban J connectivity index is 1.77. The molecule has 0 unspecified atom stereocenters. The summed E-state index contributed by atoms with van der Waals surface area (Å²) in [5, 5.41) is 19.1. The Bertz CT molecular complexity index is 653. The zero-order chi connectivity index (χ0) is 16.8. The maximum Gasteiger partial charge on any atom is 0.315 e. The molecule has 1 aromatic heterocycles. The first kappa shape index (κ1) is 17.2. The SMILES string of the molecule is C[C@H](Cn1cncn1)NC(=O)NC[C@H](O)c1ccc(Cl)c(F)c1. The number of amides is 2. The van der Waals surface area contributed by atoms with Gasteiger partial charge in [0, 0.05) is 12.6 Å². The zero-order valence-corrected chi connectivity index (χ0v) is 13.2. The lowest BCUT2D eigenvalue weighted by atomic mass is 10.1. The molecule has 1 heterocycles. The second-order valence-corrected chi connectivity index (χ2v) is 5.47. The van der Waals surface area contributed by atoms with Crippen molar-refractivity contribution in [1.29, 1.82) is 0 Å². The molecule has 2 aromatic rings. The summed E-state index contributed by atoms with van der Waals surface area (Å²) in [5.41, 5.74) is 0.336. The summed E-state index contributed by atoms with van der Waals surface area (Å²) in [6.45, 7) is 2.23. The Morgan fingerprint density at radius 3 is 2.96 bits per heavy atom. The van der Waals surface area contributed by atoms with E-state index >= 15 is 0 Å². The molecule has 0 saturated carbocycles.